The number of aryl methyl sites for hydroxylation is 1. The van der Waals surface area contributed by atoms with Crippen molar-refractivity contribution in [2.24, 2.45) is 0 Å². The van der Waals surface area contributed by atoms with E-state index in [1.807, 2.05) is 43.1 Å². The number of carbonyl (C=O) groups is 2. The second-order valence-electron chi connectivity index (χ2n) is 6.82. The zero-order valence-corrected chi connectivity index (χ0v) is 17.1. The second-order valence-corrected chi connectivity index (χ2v) is 7.23. The first-order valence-electron chi connectivity index (χ1n) is 8.89. The minimum absolute atomic E-state index is 0.121. The molecule has 0 spiro atoms. The molecule has 0 bridgehead atoms. The van der Waals surface area contributed by atoms with Gasteiger partial charge in [0.2, 0.25) is 5.91 Å². The molecule has 7 heteroatoms. The maximum absolute atomic E-state index is 13.1. The van der Waals surface area contributed by atoms with Crippen molar-refractivity contribution in [1.29, 1.82) is 0 Å². The van der Waals surface area contributed by atoms with Gasteiger partial charge in [0.15, 0.2) is 0 Å². The van der Waals surface area contributed by atoms with Gasteiger partial charge >= 0.3 is 0 Å². The van der Waals surface area contributed by atoms with E-state index in [1.54, 1.807) is 19.2 Å². The number of hydrogen-bond acceptors (Lipinski definition) is 5. The molecule has 1 atom stereocenters. The Morgan fingerprint density at radius 3 is 2.43 bits per heavy atom. The van der Waals surface area contributed by atoms with Crippen LogP contribution in [-0.2, 0) is 16.1 Å². The van der Waals surface area contributed by atoms with Crippen LogP contribution in [0.1, 0.15) is 17.5 Å². The summed E-state index contributed by atoms with van der Waals surface area (Å²) in [6.07, 6.45) is 0.121. The molecule has 0 aromatic heterocycles. The van der Waals surface area contributed by atoms with Crippen LogP contribution >= 0.6 is 11.6 Å². The van der Waals surface area contributed by atoms with Gasteiger partial charge in [-0.05, 0) is 43.3 Å². The van der Waals surface area contributed by atoms with Gasteiger partial charge in [-0.3, -0.25) is 14.5 Å². The largest absolute Gasteiger partial charge is 0.497 e. The zero-order chi connectivity index (χ0) is 20.4. The Bertz CT molecular complexity index is 898. The van der Waals surface area contributed by atoms with E-state index in [1.165, 1.54) is 12.0 Å². The van der Waals surface area contributed by atoms with E-state index >= 15 is 0 Å². The van der Waals surface area contributed by atoms with Gasteiger partial charge in [-0.25, -0.2) is 4.90 Å². The van der Waals surface area contributed by atoms with Crippen molar-refractivity contribution in [3.8, 4) is 11.5 Å². The number of imide groups is 1. The fourth-order valence-electron chi connectivity index (χ4n) is 3.33. The molecule has 1 aliphatic heterocycles. The highest BCUT2D eigenvalue weighted by molar-refractivity contribution is 6.32. The lowest BCUT2D eigenvalue weighted by Gasteiger charge is -2.24. The van der Waals surface area contributed by atoms with Crippen molar-refractivity contribution in [3.05, 3.63) is 52.5 Å². The number of likely N-dealkylation sites (N-methyl/N-ethyl adjacent to an activating group) is 1. The van der Waals surface area contributed by atoms with Crippen LogP contribution in [0.25, 0.3) is 0 Å². The molecule has 6 nitrogen and oxygen atoms in total. The molecule has 2 aromatic rings. The fourth-order valence-corrected chi connectivity index (χ4v) is 3.48. The molecular weight excluding hydrogens is 380 g/mol. The molecule has 1 heterocycles. The van der Waals surface area contributed by atoms with Crippen LogP contribution in [-0.4, -0.2) is 44.0 Å². The summed E-state index contributed by atoms with van der Waals surface area (Å²) >= 11 is 6.15. The van der Waals surface area contributed by atoms with Gasteiger partial charge in [-0.1, -0.05) is 23.7 Å². The molecule has 1 aliphatic rings. The molecule has 0 radical (unpaired) electrons. The van der Waals surface area contributed by atoms with Gasteiger partial charge in [0.1, 0.15) is 11.5 Å². The molecular formula is C21H23ClN2O4. The number of anilines is 1. The summed E-state index contributed by atoms with van der Waals surface area (Å²) in [5.74, 6) is 0.656. The first-order valence-corrected chi connectivity index (χ1v) is 9.27. The van der Waals surface area contributed by atoms with Crippen LogP contribution in [0.2, 0.25) is 5.02 Å². The Morgan fingerprint density at radius 1 is 1.14 bits per heavy atom. The van der Waals surface area contributed by atoms with Crippen molar-refractivity contribution >= 4 is 29.1 Å². The lowest BCUT2D eigenvalue weighted by Crippen LogP contribution is -2.39. The average Bonchev–Trinajstić information content (AvgIpc) is 2.98. The van der Waals surface area contributed by atoms with Crippen LogP contribution in [0.15, 0.2) is 36.4 Å². The Labute approximate surface area is 169 Å². The first kappa shape index (κ1) is 20.2. The van der Waals surface area contributed by atoms with Crippen LogP contribution < -0.4 is 14.4 Å². The molecule has 28 heavy (non-hydrogen) atoms. The lowest BCUT2D eigenvalue weighted by atomic mass is 10.1. The van der Waals surface area contributed by atoms with Crippen LogP contribution in [0.4, 0.5) is 5.69 Å². The summed E-state index contributed by atoms with van der Waals surface area (Å²) in [6, 6.07) is 10.4. The average molecular weight is 403 g/mol. The highest BCUT2D eigenvalue weighted by Gasteiger charge is 2.42. The highest BCUT2D eigenvalue weighted by Crippen LogP contribution is 2.37. The summed E-state index contributed by atoms with van der Waals surface area (Å²) in [5, 5.41) is 0.521. The molecule has 1 fully saturated rings. The van der Waals surface area contributed by atoms with E-state index in [2.05, 4.69) is 0 Å². The van der Waals surface area contributed by atoms with Gasteiger partial charge in [0, 0.05) is 17.6 Å². The number of benzene rings is 2. The molecule has 148 valence electrons. The molecule has 0 N–H and O–H groups in total. The maximum atomic E-state index is 13.1. The van der Waals surface area contributed by atoms with Crippen LogP contribution in [0.3, 0.4) is 0 Å². The standard InChI is InChI=1S/C21H23ClN2O4/c1-13-9-17(19(28-4)10-16(13)22)24-20(25)11-18(21(24)26)23(2)12-14-5-7-15(27-3)8-6-14/h5-10,18H,11-12H2,1-4H3/t18-/m1/s1. The van der Waals surface area contributed by atoms with Crippen molar-refractivity contribution in [2.45, 2.75) is 25.9 Å². The molecule has 2 amide bonds. The van der Waals surface area contributed by atoms with Gasteiger partial charge in [-0.15, -0.1) is 0 Å². The molecule has 2 aromatic carbocycles. The number of amides is 2. The van der Waals surface area contributed by atoms with Gasteiger partial charge in [0.05, 0.1) is 32.4 Å². The van der Waals surface area contributed by atoms with Crippen LogP contribution in [0.5, 0.6) is 11.5 Å². The number of carbonyl (C=O) groups excluding carboxylic acids is 2. The number of halogens is 1. The molecule has 0 unspecified atom stereocenters. The van der Waals surface area contributed by atoms with Crippen molar-refractivity contribution < 1.29 is 19.1 Å². The van der Waals surface area contributed by atoms with Crippen LogP contribution in [0, 0.1) is 6.92 Å². The SMILES string of the molecule is COc1ccc(CN(C)[C@@H]2CC(=O)N(c3cc(C)c(Cl)cc3OC)C2=O)cc1. The van der Waals surface area contributed by atoms with Crippen molar-refractivity contribution in [3.63, 3.8) is 0 Å². The van der Waals surface area contributed by atoms with E-state index in [0.717, 1.165) is 16.9 Å². The summed E-state index contributed by atoms with van der Waals surface area (Å²) < 4.78 is 10.5. The third-order valence-electron chi connectivity index (χ3n) is 4.95. The number of rotatable bonds is 6. The summed E-state index contributed by atoms with van der Waals surface area (Å²) in [4.78, 5) is 28.8. The summed E-state index contributed by atoms with van der Waals surface area (Å²) in [5.41, 5.74) is 2.23. The first-order chi connectivity index (χ1) is 13.3. The third-order valence-corrected chi connectivity index (χ3v) is 5.35. The predicted molar refractivity (Wildman–Crippen MR) is 108 cm³/mol. The Kier molecular flexibility index (Phi) is 5.91. The summed E-state index contributed by atoms with van der Waals surface area (Å²) in [6.45, 7) is 2.36. The zero-order valence-electron chi connectivity index (χ0n) is 16.4. The smallest absolute Gasteiger partial charge is 0.251 e. The van der Waals surface area contributed by atoms with Crippen molar-refractivity contribution in [2.75, 3.05) is 26.2 Å². The molecule has 3 rings (SSSR count). The number of hydrogen-bond donors (Lipinski definition) is 0. The summed E-state index contributed by atoms with van der Waals surface area (Å²) in [7, 11) is 4.95. The van der Waals surface area contributed by atoms with E-state index in [-0.39, 0.29) is 18.2 Å². The van der Waals surface area contributed by atoms with Gasteiger partial charge in [0.25, 0.3) is 5.91 Å². The topological polar surface area (TPSA) is 59.1 Å². The second kappa shape index (κ2) is 8.20. The minimum atomic E-state index is -0.532. The van der Waals surface area contributed by atoms with E-state index in [9.17, 15) is 9.59 Å². The number of methoxy groups -OCH3 is 2. The third kappa shape index (κ3) is 3.84. The Morgan fingerprint density at radius 2 is 1.82 bits per heavy atom. The van der Waals surface area contributed by atoms with E-state index in [4.69, 9.17) is 21.1 Å². The molecule has 1 saturated heterocycles. The number of nitrogens with zero attached hydrogens (tertiary/aromatic N) is 2. The molecule has 0 saturated carbocycles. The van der Waals surface area contributed by atoms with Gasteiger partial charge < -0.3 is 9.47 Å². The maximum Gasteiger partial charge on any atom is 0.251 e. The Balaban J connectivity index is 1.82. The fraction of sp³-hybridized carbons (Fsp3) is 0.333. The lowest BCUT2D eigenvalue weighted by molar-refractivity contribution is -0.122. The highest BCUT2D eigenvalue weighted by atomic mass is 35.5. The monoisotopic (exact) mass is 402 g/mol. The predicted octanol–water partition coefficient (Wildman–Crippen LogP) is 3.43. The van der Waals surface area contributed by atoms with E-state index < -0.39 is 6.04 Å². The van der Waals surface area contributed by atoms with Gasteiger partial charge in [-0.2, -0.15) is 0 Å². The van der Waals surface area contributed by atoms with Crippen molar-refractivity contribution in [1.82, 2.24) is 4.90 Å². The van der Waals surface area contributed by atoms with E-state index in [0.29, 0.717) is 23.0 Å². The quantitative estimate of drug-likeness (QED) is 0.693. The number of ether oxygens (including phenoxy) is 2. The Hall–Kier alpha value is -2.57. The molecule has 0 aliphatic carbocycles. The minimum Gasteiger partial charge on any atom is -0.497 e. The normalized spacial score (nSPS) is 16.8.